The average molecular weight is 345 g/mol. The van der Waals surface area contributed by atoms with E-state index in [0.29, 0.717) is 11.4 Å². The zero-order chi connectivity index (χ0) is 18.4. The molecule has 2 aromatic rings. The third-order valence-corrected chi connectivity index (χ3v) is 3.17. The predicted molar refractivity (Wildman–Crippen MR) is 86.2 cm³/mol. The molecule has 0 spiro atoms. The molecule has 1 aromatic carbocycles. The Balaban J connectivity index is 2.72. The Labute approximate surface area is 142 Å². The van der Waals surface area contributed by atoms with Crippen molar-refractivity contribution in [3.8, 4) is 11.4 Å². The molecule has 0 atom stereocenters. The Bertz CT molecular complexity index is 837. The third kappa shape index (κ3) is 3.54. The number of hydrogen-bond donors (Lipinski definition) is 0. The average Bonchev–Trinajstić information content (AvgIpc) is 3.01. The summed E-state index contributed by atoms with van der Waals surface area (Å²) < 4.78 is 15.9. The molecule has 130 valence electrons. The molecule has 0 amide bonds. The van der Waals surface area contributed by atoms with Gasteiger partial charge in [-0.15, -0.1) is 0 Å². The van der Waals surface area contributed by atoms with Crippen LogP contribution in [0.1, 0.15) is 27.9 Å². The molecule has 1 heterocycles. The summed E-state index contributed by atoms with van der Waals surface area (Å²) in [6.45, 7) is 1.71. The molecule has 0 bridgehead atoms. The minimum absolute atomic E-state index is 0.0947. The smallest absolute Gasteiger partial charge is 0.359 e. The zero-order valence-electron chi connectivity index (χ0n) is 13.8. The number of carbonyl (C=O) groups is 2. The van der Waals surface area contributed by atoms with E-state index >= 15 is 0 Å². The van der Waals surface area contributed by atoms with Crippen molar-refractivity contribution >= 4 is 17.6 Å². The summed E-state index contributed by atoms with van der Waals surface area (Å²) >= 11 is 0. The first-order valence-corrected chi connectivity index (χ1v) is 7.15. The van der Waals surface area contributed by atoms with E-state index in [1.807, 2.05) is 0 Å². The first-order chi connectivity index (χ1) is 12.1. The van der Waals surface area contributed by atoms with Gasteiger partial charge in [0.15, 0.2) is 11.4 Å². The highest BCUT2D eigenvalue weighted by molar-refractivity contribution is 6.01. The summed E-state index contributed by atoms with van der Waals surface area (Å²) in [6, 6.07) is 6.53. The van der Waals surface area contributed by atoms with Crippen LogP contribution < -0.4 is 4.74 Å². The normalized spacial score (nSPS) is 9.88. The standard InChI is InChI=1S/C15H15N5O5/c1-4-25-14(21)12-11(17-19-16)13(15(22)24-3)20(18-12)9-5-7-10(23-2)8-6-9/h5-8H,4H2,1-3H3. The predicted octanol–water partition coefficient (Wildman–Crippen LogP) is 2.79. The molecule has 0 saturated heterocycles. The molecule has 10 heteroatoms. The lowest BCUT2D eigenvalue weighted by atomic mass is 10.2. The van der Waals surface area contributed by atoms with Gasteiger partial charge in [0, 0.05) is 4.91 Å². The maximum Gasteiger partial charge on any atom is 0.359 e. The second-order valence-electron chi connectivity index (χ2n) is 4.56. The van der Waals surface area contributed by atoms with E-state index in [0.717, 1.165) is 11.8 Å². The van der Waals surface area contributed by atoms with Gasteiger partial charge in [-0.1, -0.05) is 5.11 Å². The number of benzene rings is 1. The monoisotopic (exact) mass is 345 g/mol. The van der Waals surface area contributed by atoms with Crippen molar-refractivity contribution < 1.29 is 23.8 Å². The highest BCUT2D eigenvalue weighted by Gasteiger charge is 2.28. The Hall–Kier alpha value is -3.52. The lowest BCUT2D eigenvalue weighted by Crippen LogP contribution is -2.10. The summed E-state index contributed by atoms with van der Waals surface area (Å²) in [5.74, 6) is -1.04. The number of carbonyl (C=O) groups excluding carboxylic acids is 2. The van der Waals surface area contributed by atoms with Gasteiger partial charge >= 0.3 is 11.9 Å². The first kappa shape index (κ1) is 17.8. The SMILES string of the molecule is CCOC(=O)c1nn(-c2ccc(OC)cc2)c(C(=O)OC)c1N=[N+]=[N-]. The summed E-state index contributed by atoms with van der Waals surface area (Å²) in [6.07, 6.45) is 0. The van der Waals surface area contributed by atoms with Crippen LogP contribution in [0.2, 0.25) is 0 Å². The minimum atomic E-state index is -0.818. The fourth-order valence-corrected chi connectivity index (χ4v) is 2.08. The number of azide groups is 1. The van der Waals surface area contributed by atoms with Gasteiger partial charge in [-0.25, -0.2) is 14.3 Å². The maximum absolute atomic E-state index is 12.2. The van der Waals surface area contributed by atoms with Crippen molar-refractivity contribution in [3.63, 3.8) is 0 Å². The molecule has 2 rings (SSSR count). The van der Waals surface area contributed by atoms with E-state index in [1.54, 1.807) is 31.2 Å². The molecule has 0 radical (unpaired) electrons. The van der Waals surface area contributed by atoms with Crippen LogP contribution >= 0.6 is 0 Å². The lowest BCUT2D eigenvalue weighted by Gasteiger charge is -2.07. The molecular weight excluding hydrogens is 330 g/mol. The molecule has 1 aromatic heterocycles. The lowest BCUT2D eigenvalue weighted by molar-refractivity contribution is 0.0519. The molecule has 25 heavy (non-hydrogen) atoms. The van der Waals surface area contributed by atoms with Gasteiger partial charge in [-0.2, -0.15) is 5.10 Å². The van der Waals surface area contributed by atoms with E-state index in [1.165, 1.54) is 7.11 Å². The molecule has 0 saturated carbocycles. The van der Waals surface area contributed by atoms with E-state index < -0.39 is 11.9 Å². The second-order valence-corrected chi connectivity index (χ2v) is 4.56. The molecule has 0 aliphatic rings. The summed E-state index contributed by atoms with van der Waals surface area (Å²) in [7, 11) is 2.68. The van der Waals surface area contributed by atoms with Crippen molar-refractivity contribution in [2.75, 3.05) is 20.8 Å². The molecule has 0 aliphatic carbocycles. The van der Waals surface area contributed by atoms with Crippen molar-refractivity contribution in [1.29, 1.82) is 0 Å². The van der Waals surface area contributed by atoms with Crippen molar-refractivity contribution in [3.05, 3.63) is 46.1 Å². The molecule has 0 aliphatic heterocycles. The minimum Gasteiger partial charge on any atom is -0.497 e. The highest BCUT2D eigenvalue weighted by Crippen LogP contribution is 2.29. The fourth-order valence-electron chi connectivity index (χ4n) is 2.08. The molecule has 0 unspecified atom stereocenters. The van der Waals surface area contributed by atoms with E-state index in [-0.39, 0.29) is 23.7 Å². The van der Waals surface area contributed by atoms with Crippen LogP contribution in [0.3, 0.4) is 0 Å². The number of aromatic nitrogens is 2. The number of esters is 2. The Morgan fingerprint density at radius 2 is 1.92 bits per heavy atom. The van der Waals surface area contributed by atoms with Crippen LogP contribution in [0, 0.1) is 0 Å². The van der Waals surface area contributed by atoms with E-state index in [4.69, 9.17) is 19.7 Å². The second kappa shape index (κ2) is 7.84. The summed E-state index contributed by atoms with van der Waals surface area (Å²) in [5.41, 5.74) is 8.49. The Kier molecular flexibility index (Phi) is 5.59. The summed E-state index contributed by atoms with van der Waals surface area (Å²) in [5, 5.41) is 7.51. The molecule has 0 fully saturated rings. The van der Waals surface area contributed by atoms with Gasteiger partial charge < -0.3 is 14.2 Å². The number of rotatable bonds is 6. The van der Waals surface area contributed by atoms with Gasteiger partial charge in [-0.3, -0.25) is 0 Å². The fraction of sp³-hybridized carbons (Fsp3) is 0.267. The van der Waals surface area contributed by atoms with Crippen LogP contribution in [0.15, 0.2) is 29.4 Å². The largest absolute Gasteiger partial charge is 0.497 e. The van der Waals surface area contributed by atoms with Gasteiger partial charge in [-0.05, 0) is 36.7 Å². The summed E-state index contributed by atoms with van der Waals surface area (Å²) in [4.78, 5) is 26.9. The van der Waals surface area contributed by atoms with Crippen LogP contribution in [-0.2, 0) is 9.47 Å². The van der Waals surface area contributed by atoms with Crippen LogP contribution in [0.4, 0.5) is 5.69 Å². The number of methoxy groups -OCH3 is 2. The number of nitrogens with zero attached hydrogens (tertiary/aromatic N) is 5. The highest BCUT2D eigenvalue weighted by atomic mass is 16.5. The van der Waals surface area contributed by atoms with Gasteiger partial charge in [0.25, 0.3) is 0 Å². The zero-order valence-corrected chi connectivity index (χ0v) is 13.8. The van der Waals surface area contributed by atoms with Gasteiger partial charge in [0.05, 0.1) is 26.5 Å². The topological polar surface area (TPSA) is 128 Å². The van der Waals surface area contributed by atoms with E-state index in [9.17, 15) is 9.59 Å². The Morgan fingerprint density at radius 3 is 2.44 bits per heavy atom. The maximum atomic E-state index is 12.2. The molecule has 0 N–H and O–H groups in total. The molecule has 10 nitrogen and oxygen atoms in total. The number of ether oxygens (including phenoxy) is 3. The van der Waals surface area contributed by atoms with Crippen LogP contribution in [0.5, 0.6) is 5.75 Å². The van der Waals surface area contributed by atoms with Gasteiger partial charge in [0.2, 0.25) is 0 Å². The quantitative estimate of drug-likeness (QED) is 0.342. The van der Waals surface area contributed by atoms with Crippen LogP contribution in [-0.4, -0.2) is 42.5 Å². The van der Waals surface area contributed by atoms with E-state index in [2.05, 4.69) is 15.1 Å². The van der Waals surface area contributed by atoms with Crippen molar-refractivity contribution in [2.24, 2.45) is 5.11 Å². The first-order valence-electron chi connectivity index (χ1n) is 7.15. The van der Waals surface area contributed by atoms with Crippen molar-refractivity contribution in [2.45, 2.75) is 6.92 Å². The Morgan fingerprint density at radius 1 is 1.24 bits per heavy atom. The number of hydrogen-bond acceptors (Lipinski definition) is 7. The molecular formula is C15H15N5O5. The van der Waals surface area contributed by atoms with Crippen molar-refractivity contribution in [1.82, 2.24) is 9.78 Å². The third-order valence-electron chi connectivity index (χ3n) is 3.17. The van der Waals surface area contributed by atoms with Crippen LogP contribution in [0.25, 0.3) is 16.1 Å². The van der Waals surface area contributed by atoms with Gasteiger partial charge in [0.1, 0.15) is 11.4 Å².